The van der Waals surface area contributed by atoms with Gasteiger partial charge in [-0.2, -0.15) is 0 Å². The normalized spacial score (nSPS) is 16.8. The average molecular weight is 239 g/mol. The lowest BCUT2D eigenvalue weighted by Crippen LogP contribution is -2.35. The molecule has 1 rings (SSSR count). The van der Waals surface area contributed by atoms with Crippen molar-refractivity contribution in [2.45, 2.75) is 26.2 Å². The number of nitrogens with two attached hydrogens (primary N) is 1. The molecule has 0 atom stereocenters. The highest BCUT2D eigenvalue weighted by Gasteiger charge is 2.13. The fourth-order valence-electron chi connectivity index (χ4n) is 1.91. The molecule has 0 saturated heterocycles. The van der Waals surface area contributed by atoms with Crippen LogP contribution >= 0.6 is 0 Å². The molecule has 1 amide bonds. The van der Waals surface area contributed by atoms with Gasteiger partial charge in [-0.25, -0.2) is 0 Å². The lowest BCUT2D eigenvalue weighted by molar-refractivity contribution is -0.130. The van der Waals surface area contributed by atoms with Crippen molar-refractivity contribution in [1.82, 2.24) is 9.80 Å². The summed E-state index contributed by atoms with van der Waals surface area (Å²) in [5, 5.41) is 0. The molecule has 1 aliphatic rings. The van der Waals surface area contributed by atoms with E-state index in [1.165, 1.54) is 5.57 Å². The predicted octanol–water partition coefficient (Wildman–Crippen LogP) is 0.836. The minimum absolute atomic E-state index is 0.227. The van der Waals surface area contributed by atoms with E-state index < -0.39 is 0 Å². The van der Waals surface area contributed by atoms with Gasteiger partial charge >= 0.3 is 0 Å². The molecule has 2 N–H and O–H groups in total. The van der Waals surface area contributed by atoms with Crippen molar-refractivity contribution in [1.29, 1.82) is 0 Å². The van der Waals surface area contributed by atoms with Crippen LogP contribution in [0.3, 0.4) is 0 Å². The molecule has 98 valence electrons. The lowest BCUT2D eigenvalue weighted by atomic mass is 10.1. The van der Waals surface area contributed by atoms with E-state index in [4.69, 9.17) is 5.73 Å². The molecule has 0 spiro atoms. The Kier molecular flexibility index (Phi) is 6.22. The summed E-state index contributed by atoms with van der Waals surface area (Å²) in [6.45, 7) is 6.54. The second-order valence-electron chi connectivity index (χ2n) is 4.81. The van der Waals surface area contributed by atoms with Crippen LogP contribution in [0.4, 0.5) is 0 Å². The Bertz CT molecular complexity index is 276. The first-order valence-electron chi connectivity index (χ1n) is 6.45. The number of hydrogen-bond donors (Lipinski definition) is 1. The third-order valence-electron chi connectivity index (χ3n) is 3.29. The molecular formula is C13H25N3O. The van der Waals surface area contributed by atoms with Gasteiger partial charge in [0.25, 0.3) is 0 Å². The molecule has 1 aliphatic heterocycles. The smallest absolute Gasteiger partial charge is 0.223 e. The minimum Gasteiger partial charge on any atom is -0.346 e. The Labute approximate surface area is 104 Å². The van der Waals surface area contributed by atoms with Gasteiger partial charge in [0, 0.05) is 39.6 Å². The Hall–Kier alpha value is -0.870. The first-order chi connectivity index (χ1) is 8.13. The highest BCUT2D eigenvalue weighted by atomic mass is 16.2. The fraction of sp³-hybridized carbons (Fsp3) is 0.769. The van der Waals surface area contributed by atoms with Crippen molar-refractivity contribution < 1.29 is 4.79 Å². The number of amides is 1. The van der Waals surface area contributed by atoms with Crippen molar-refractivity contribution in [3.63, 3.8) is 0 Å². The Morgan fingerprint density at radius 1 is 1.59 bits per heavy atom. The molecule has 4 nitrogen and oxygen atoms in total. The van der Waals surface area contributed by atoms with E-state index in [1.807, 2.05) is 7.05 Å². The topological polar surface area (TPSA) is 49.6 Å². The highest BCUT2D eigenvalue weighted by molar-refractivity contribution is 5.76. The van der Waals surface area contributed by atoms with E-state index in [9.17, 15) is 4.79 Å². The van der Waals surface area contributed by atoms with Crippen molar-refractivity contribution in [2.75, 3.05) is 39.8 Å². The van der Waals surface area contributed by atoms with Crippen LogP contribution in [0.1, 0.15) is 26.2 Å². The second kappa shape index (κ2) is 7.45. The summed E-state index contributed by atoms with van der Waals surface area (Å²) in [6, 6.07) is 0. The minimum atomic E-state index is 0.227. The summed E-state index contributed by atoms with van der Waals surface area (Å²) in [5.41, 5.74) is 6.89. The van der Waals surface area contributed by atoms with Crippen LogP contribution in [-0.2, 0) is 4.79 Å². The highest BCUT2D eigenvalue weighted by Crippen LogP contribution is 2.09. The second-order valence-corrected chi connectivity index (χ2v) is 4.81. The van der Waals surface area contributed by atoms with Gasteiger partial charge in [0.15, 0.2) is 0 Å². The van der Waals surface area contributed by atoms with E-state index in [-0.39, 0.29) is 5.91 Å². The van der Waals surface area contributed by atoms with Crippen LogP contribution in [-0.4, -0.2) is 55.5 Å². The monoisotopic (exact) mass is 239 g/mol. The summed E-state index contributed by atoms with van der Waals surface area (Å²) in [5.74, 6) is 0.227. The Balaban J connectivity index is 2.19. The van der Waals surface area contributed by atoms with Crippen molar-refractivity contribution in [3.05, 3.63) is 11.6 Å². The van der Waals surface area contributed by atoms with E-state index in [1.54, 1.807) is 4.90 Å². The third kappa shape index (κ3) is 5.33. The standard InChI is InChI=1S/C13H25N3O/c1-12-4-9-16(10-5-12)11-6-13(17)15(2)8-3-7-14/h4H,3,5-11,14H2,1-2H3. The number of carbonyl (C=O) groups excluding carboxylic acids is 1. The maximum atomic E-state index is 11.8. The zero-order valence-corrected chi connectivity index (χ0v) is 11.1. The van der Waals surface area contributed by atoms with Crippen LogP contribution < -0.4 is 5.73 Å². The quantitative estimate of drug-likeness (QED) is 0.699. The van der Waals surface area contributed by atoms with Crippen molar-refractivity contribution >= 4 is 5.91 Å². The molecule has 0 aliphatic carbocycles. The molecule has 0 aromatic rings. The van der Waals surface area contributed by atoms with Gasteiger partial charge in [-0.15, -0.1) is 0 Å². The van der Waals surface area contributed by atoms with Crippen LogP contribution in [0.2, 0.25) is 0 Å². The van der Waals surface area contributed by atoms with Gasteiger partial charge < -0.3 is 10.6 Å². The van der Waals surface area contributed by atoms with Gasteiger partial charge in [-0.3, -0.25) is 9.69 Å². The zero-order valence-electron chi connectivity index (χ0n) is 11.1. The third-order valence-corrected chi connectivity index (χ3v) is 3.29. The van der Waals surface area contributed by atoms with E-state index in [0.717, 1.165) is 39.0 Å². The molecule has 0 bridgehead atoms. The van der Waals surface area contributed by atoms with E-state index >= 15 is 0 Å². The summed E-state index contributed by atoms with van der Waals surface area (Å²) in [7, 11) is 1.86. The van der Waals surface area contributed by atoms with E-state index in [2.05, 4.69) is 17.9 Å². The first-order valence-corrected chi connectivity index (χ1v) is 6.45. The molecular weight excluding hydrogens is 214 g/mol. The lowest BCUT2D eigenvalue weighted by Gasteiger charge is -2.26. The first kappa shape index (κ1) is 14.2. The van der Waals surface area contributed by atoms with E-state index in [0.29, 0.717) is 13.0 Å². The number of hydrogen-bond acceptors (Lipinski definition) is 3. The number of nitrogens with zero attached hydrogens (tertiary/aromatic N) is 2. The average Bonchev–Trinajstić information content (AvgIpc) is 2.34. The molecule has 0 fully saturated rings. The number of carbonyl (C=O) groups is 1. The van der Waals surface area contributed by atoms with Crippen LogP contribution in [0.25, 0.3) is 0 Å². The Morgan fingerprint density at radius 3 is 2.94 bits per heavy atom. The maximum absolute atomic E-state index is 11.8. The predicted molar refractivity (Wildman–Crippen MR) is 70.7 cm³/mol. The van der Waals surface area contributed by atoms with Gasteiger partial charge in [0.1, 0.15) is 0 Å². The van der Waals surface area contributed by atoms with Gasteiger partial charge in [-0.05, 0) is 26.3 Å². The van der Waals surface area contributed by atoms with Crippen molar-refractivity contribution in [3.8, 4) is 0 Å². The van der Waals surface area contributed by atoms with Crippen LogP contribution in [0.5, 0.6) is 0 Å². The molecule has 4 heteroatoms. The molecule has 1 heterocycles. The largest absolute Gasteiger partial charge is 0.346 e. The van der Waals surface area contributed by atoms with Gasteiger partial charge in [-0.1, -0.05) is 11.6 Å². The Morgan fingerprint density at radius 2 is 2.35 bits per heavy atom. The van der Waals surface area contributed by atoms with Crippen LogP contribution in [0, 0.1) is 0 Å². The summed E-state index contributed by atoms with van der Waals surface area (Å²) >= 11 is 0. The molecule has 0 radical (unpaired) electrons. The number of rotatable bonds is 6. The van der Waals surface area contributed by atoms with Crippen molar-refractivity contribution in [2.24, 2.45) is 5.73 Å². The fourth-order valence-corrected chi connectivity index (χ4v) is 1.91. The summed E-state index contributed by atoms with van der Waals surface area (Å²) in [6.07, 6.45) is 4.89. The van der Waals surface area contributed by atoms with Gasteiger partial charge in [0.05, 0.1) is 0 Å². The van der Waals surface area contributed by atoms with Gasteiger partial charge in [0.2, 0.25) is 5.91 Å². The SMILES string of the molecule is CC1=CCN(CCC(=O)N(C)CCCN)CC1. The van der Waals surface area contributed by atoms with Crippen LogP contribution in [0.15, 0.2) is 11.6 Å². The molecule has 0 saturated carbocycles. The molecule has 0 aromatic carbocycles. The maximum Gasteiger partial charge on any atom is 0.223 e. The molecule has 0 aromatic heterocycles. The molecule has 0 unspecified atom stereocenters. The summed E-state index contributed by atoms with van der Waals surface area (Å²) < 4.78 is 0. The summed E-state index contributed by atoms with van der Waals surface area (Å²) in [4.78, 5) is 15.9. The molecule has 17 heavy (non-hydrogen) atoms. The zero-order chi connectivity index (χ0) is 12.7.